The smallest absolute Gasteiger partial charge is 0.581 e. The Bertz CT molecular complexity index is 483. The minimum Gasteiger partial charge on any atom is -0.581 e. The van der Waals surface area contributed by atoms with E-state index in [1.54, 1.807) is 12.2 Å². The monoisotopic (exact) mass is 269 g/mol. The van der Waals surface area contributed by atoms with Crippen LogP contribution in [0.4, 0.5) is 4.79 Å². The largest absolute Gasteiger partial charge is 1.00 e. The summed E-state index contributed by atoms with van der Waals surface area (Å²) in [6.07, 6.45) is 5.21. The first kappa shape index (κ1) is 14.9. The molecule has 0 saturated carbocycles. The standard InChI is InChI=1S/C12H9NO2S.K/c14-11-10(16-12(15)13-11)8-4-7-9-5-2-1-3-6-9;/h1-8H,(H,13,14,15);/q;+1/p-1/b7-4+,10-8-;. The molecule has 0 atom stereocenters. The number of rotatable bonds is 2. The summed E-state index contributed by atoms with van der Waals surface area (Å²) >= 11 is 0.864. The third-order valence-electron chi connectivity index (χ3n) is 1.94. The Morgan fingerprint density at radius 2 is 1.82 bits per heavy atom. The van der Waals surface area contributed by atoms with Crippen LogP contribution in [0.1, 0.15) is 5.56 Å². The van der Waals surface area contributed by atoms with Crippen LogP contribution < -0.4 is 51.4 Å². The minimum atomic E-state index is -0.451. The first-order chi connectivity index (χ1) is 7.75. The summed E-state index contributed by atoms with van der Waals surface area (Å²) in [7, 11) is 0. The summed E-state index contributed by atoms with van der Waals surface area (Å²) in [6, 6.07) is 9.70. The number of thioether (sulfide) groups is 1. The normalized spacial score (nSPS) is 17.3. The van der Waals surface area contributed by atoms with Crippen molar-refractivity contribution >= 4 is 29.0 Å². The minimum absolute atomic E-state index is 0. The number of nitrogens with zero attached hydrogens (tertiary/aromatic N) is 1. The van der Waals surface area contributed by atoms with Crippen molar-refractivity contribution in [3.8, 4) is 0 Å². The van der Waals surface area contributed by atoms with E-state index < -0.39 is 11.1 Å². The summed E-state index contributed by atoms with van der Waals surface area (Å²) in [4.78, 5) is 22.3. The summed E-state index contributed by atoms with van der Waals surface area (Å²) in [5.41, 5.74) is 1.04. The molecule has 0 spiro atoms. The van der Waals surface area contributed by atoms with Gasteiger partial charge in [-0.3, -0.25) is 0 Å². The van der Waals surface area contributed by atoms with E-state index in [0.29, 0.717) is 4.91 Å². The number of carbonyl (C=O) groups excluding carboxylic acids is 2. The van der Waals surface area contributed by atoms with E-state index in [-0.39, 0.29) is 51.4 Å². The molecule has 17 heavy (non-hydrogen) atoms. The zero-order chi connectivity index (χ0) is 11.4. The molecule has 0 aromatic heterocycles. The molecule has 1 aliphatic rings. The van der Waals surface area contributed by atoms with Crippen LogP contribution in [0.15, 0.2) is 47.4 Å². The van der Waals surface area contributed by atoms with Gasteiger partial charge in [0.15, 0.2) is 0 Å². The molecule has 0 N–H and O–H groups in total. The molecular weight excluding hydrogens is 261 g/mol. The first-order valence-corrected chi connectivity index (χ1v) is 5.48. The van der Waals surface area contributed by atoms with Crippen LogP contribution >= 0.6 is 11.8 Å². The van der Waals surface area contributed by atoms with E-state index in [4.69, 9.17) is 0 Å². The maximum atomic E-state index is 11.1. The first-order valence-electron chi connectivity index (χ1n) is 4.67. The molecular formula is C12H8KNO2S. The van der Waals surface area contributed by atoms with Crippen molar-refractivity contribution in [3.05, 3.63) is 58.3 Å². The van der Waals surface area contributed by atoms with Crippen LogP contribution in [0.5, 0.6) is 0 Å². The van der Waals surface area contributed by atoms with Crippen molar-refractivity contribution < 1.29 is 61.0 Å². The van der Waals surface area contributed by atoms with Gasteiger partial charge in [-0.2, -0.15) is 0 Å². The van der Waals surface area contributed by atoms with Crippen LogP contribution in [0.25, 0.3) is 11.4 Å². The summed E-state index contributed by atoms with van der Waals surface area (Å²) < 4.78 is 0. The van der Waals surface area contributed by atoms with E-state index in [9.17, 15) is 9.59 Å². The van der Waals surface area contributed by atoms with Crippen molar-refractivity contribution in [2.24, 2.45) is 0 Å². The molecule has 1 aromatic rings. The molecule has 0 unspecified atom stereocenters. The van der Waals surface area contributed by atoms with E-state index in [1.165, 1.54) is 0 Å². The van der Waals surface area contributed by atoms with Gasteiger partial charge in [0, 0.05) is 4.91 Å². The number of hydrogen-bond donors (Lipinski definition) is 0. The van der Waals surface area contributed by atoms with Crippen LogP contribution in [-0.2, 0) is 4.79 Å². The third kappa shape index (κ3) is 4.54. The zero-order valence-electron chi connectivity index (χ0n) is 9.29. The Balaban J connectivity index is 0.00000144. The van der Waals surface area contributed by atoms with E-state index in [0.717, 1.165) is 17.3 Å². The Morgan fingerprint density at radius 1 is 1.12 bits per heavy atom. The number of benzene rings is 1. The molecule has 0 radical (unpaired) electrons. The van der Waals surface area contributed by atoms with Crippen LogP contribution in [0, 0.1) is 0 Å². The summed E-state index contributed by atoms with van der Waals surface area (Å²) in [5, 5.41) is 2.84. The van der Waals surface area contributed by atoms with Gasteiger partial charge in [0.05, 0.1) is 5.91 Å². The fraction of sp³-hybridized carbons (Fsp3) is 0. The van der Waals surface area contributed by atoms with Gasteiger partial charge in [-0.1, -0.05) is 54.2 Å². The molecule has 2 amide bonds. The molecule has 0 bridgehead atoms. The second kappa shape index (κ2) is 7.30. The zero-order valence-corrected chi connectivity index (χ0v) is 13.2. The fourth-order valence-corrected chi connectivity index (χ4v) is 1.81. The van der Waals surface area contributed by atoms with Crippen LogP contribution in [0.3, 0.4) is 0 Å². The van der Waals surface area contributed by atoms with Gasteiger partial charge in [-0.05, 0) is 11.6 Å². The maximum Gasteiger partial charge on any atom is 1.00 e. The SMILES string of the molecule is O=C1[N-]C(=O)/C(=C/C=C/c2ccccc2)S1.[K+]. The van der Waals surface area contributed by atoms with Crippen molar-refractivity contribution in [2.75, 3.05) is 0 Å². The number of imide groups is 1. The second-order valence-corrected chi connectivity index (χ2v) is 4.08. The fourth-order valence-electron chi connectivity index (χ4n) is 1.21. The third-order valence-corrected chi connectivity index (χ3v) is 2.73. The molecule has 2 rings (SSSR count). The molecule has 3 nitrogen and oxygen atoms in total. The number of amides is 2. The number of carbonyl (C=O) groups is 2. The average Bonchev–Trinajstić information content (AvgIpc) is 2.59. The second-order valence-electron chi connectivity index (χ2n) is 3.09. The van der Waals surface area contributed by atoms with Crippen molar-refractivity contribution in [2.45, 2.75) is 0 Å². The predicted octanol–water partition coefficient (Wildman–Crippen LogP) is 0.355. The van der Waals surface area contributed by atoms with Gasteiger partial charge in [0.25, 0.3) is 0 Å². The summed E-state index contributed by atoms with van der Waals surface area (Å²) in [5.74, 6) is -0.451. The van der Waals surface area contributed by atoms with Gasteiger partial charge in [-0.15, -0.1) is 0 Å². The van der Waals surface area contributed by atoms with Crippen molar-refractivity contribution in [1.29, 1.82) is 0 Å². The molecule has 1 aromatic carbocycles. The Kier molecular flexibility index (Phi) is 6.39. The molecule has 80 valence electrons. The quantitative estimate of drug-likeness (QED) is 0.575. The molecule has 0 aliphatic carbocycles. The van der Waals surface area contributed by atoms with Crippen molar-refractivity contribution in [3.63, 3.8) is 0 Å². The topological polar surface area (TPSA) is 48.2 Å². The van der Waals surface area contributed by atoms with Gasteiger partial charge in [-0.25, -0.2) is 0 Å². The van der Waals surface area contributed by atoms with Gasteiger partial charge in [0.2, 0.25) is 0 Å². The van der Waals surface area contributed by atoms with Crippen LogP contribution in [-0.4, -0.2) is 11.1 Å². The van der Waals surface area contributed by atoms with Crippen molar-refractivity contribution in [1.82, 2.24) is 0 Å². The molecule has 1 heterocycles. The molecule has 5 heteroatoms. The Hall–Kier alpha value is -0.174. The maximum absolute atomic E-state index is 11.1. The number of hydrogen-bond acceptors (Lipinski definition) is 3. The van der Waals surface area contributed by atoms with Gasteiger partial charge in [0.1, 0.15) is 5.24 Å². The van der Waals surface area contributed by atoms with Crippen LogP contribution in [0.2, 0.25) is 0 Å². The van der Waals surface area contributed by atoms with E-state index in [2.05, 4.69) is 5.32 Å². The summed E-state index contributed by atoms with van der Waals surface area (Å²) in [6.45, 7) is 0. The Labute approximate surface area is 146 Å². The Morgan fingerprint density at radius 3 is 2.41 bits per heavy atom. The van der Waals surface area contributed by atoms with Gasteiger partial charge >= 0.3 is 51.4 Å². The molecule has 1 aliphatic heterocycles. The predicted molar refractivity (Wildman–Crippen MR) is 64.9 cm³/mol. The molecule has 1 saturated heterocycles. The van der Waals surface area contributed by atoms with Gasteiger partial charge < -0.3 is 14.9 Å². The van der Waals surface area contributed by atoms with E-state index >= 15 is 0 Å². The average molecular weight is 269 g/mol. The van der Waals surface area contributed by atoms with E-state index in [1.807, 2.05) is 36.4 Å². The molecule has 1 fully saturated rings. The number of allylic oxidation sites excluding steroid dienone is 2.